The summed E-state index contributed by atoms with van der Waals surface area (Å²) < 4.78 is 5.61. The van der Waals surface area contributed by atoms with Crippen LogP contribution in [0, 0.1) is 5.92 Å². The van der Waals surface area contributed by atoms with E-state index in [1.54, 1.807) is 0 Å². The maximum Gasteiger partial charge on any atom is 0.307 e. The van der Waals surface area contributed by atoms with E-state index in [9.17, 15) is 9.59 Å². The topological polar surface area (TPSA) is 70.1 Å². The molecule has 0 spiro atoms. The number of nitrogens with zero attached hydrogens (tertiary/aromatic N) is 2. The van der Waals surface area contributed by atoms with Gasteiger partial charge in [0, 0.05) is 26.7 Å². The first-order valence-electron chi connectivity index (χ1n) is 7.89. The van der Waals surface area contributed by atoms with Crippen LogP contribution in [-0.2, 0) is 27.3 Å². The molecular formula is C17H22N2O4. The van der Waals surface area contributed by atoms with Crippen LogP contribution in [0.2, 0.25) is 0 Å². The number of aliphatic carboxylic acids is 1. The van der Waals surface area contributed by atoms with Gasteiger partial charge in [0.25, 0.3) is 0 Å². The standard InChI is InChI=1S/C17H22N2O4/c1-18-15-9-19(8-14(17(18)22)10-23-11-15)7-13-4-2-12(3-5-13)6-16(20)21/h2-5,14-15H,6-11H2,1H3,(H,20,21)/t14-,15+/m1/s1. The Balaban J connectivity index is 1.68. The average Bonchev–Trinajstić information content (AvgIpc) is 2.67. The van der Waals surface area contributed by atoms with Crippen LogP contribution in [0.3, 0.4) is 0 Å². The van der Waals surface area contributed by atoms with Crippen LogP contribution in [0.25, 0.3) is 0 Å². The molecule has 1 amide bonds. The highest BCUT2D eigenvalue weighted by molar-refractivity contribution is 5.80. The van der Waals surface area contributed by atoms with Gasteiger partial charge >= 0.3 is 5.97 Å². The van der Waals surface area contributed by atoms with Crippen molar-refractivity contribution in [3.8, 4) is 0 Å². The lowest BCUT2D eigenvalue weighted by Gasteiger charge is -2.29. The largest absolute Gasteiger partial charge is 0.481 e. The van der Waals surface area contributed by atoms with Crippen LogP contribution < -0.4 is 0 Å². The Hall–Kier alpha value is -1.92. The molecule has 2 fully saturated rings. The predicted molar refractivity (Wildman–Crippen MR) is 83.9 cm³/mol. The van der Waals surface area contributed by atoms with Gasteiger partial charge < -0.3 is 14.7 Å². The molecule has 0 aliphatic carbocycles. The zero-order valence-corrected chi connectivity index (χ0v) is 13.3. The third kappa shape index (κ3) is 3.71. The number of amides is 1. The first-order chi connectivity index (χ1) is 11.0. The van der Waals surface area contributed by atoms with Crippen molar-refractivity contribution < 1.29 is 19.4 Å². The molecule has 6 nitrogen and oxygen atoms in total. The van der Waals surface area contributed by atoms with E-state index < -0.39 is 5.97 Å². The minimum absolute atomic E-state index is 0.0464. The lowest BCUT2D eigenvalue weighted by Crippen LogP contribution is -2.42. The Morgan fingerprint density at radius 2 is 1.91 bits per heavy atom. The molecule has 1 aromatic rings. The molecular weight excluding hydrogens is 296 g/mol. The average molecular weight is 318 g/mol. The SMILES string of the molecule is CN1C(=O)[C@H]2COC[C@@H]1CN(Cc1ccc(CC(=O)O)cc1)C2. The van der Waals surface area contributed by atoms with E-state index in [1.807, 2.05) is 36.2 Å². The monoisotopic (exact) mass is 318 g/mol. The van der Waals surface area contributed by atoms with Gasteiger partial charge in [-0.2, -0.15) is 0 Å². The fraction of sp³-hybridized carbons (Fsp3) is 0.529. The summed E-state index contributed by atoms with van der Waals surface area (Å²) in [5, 5.41) is 8.81. The number of likely N-dealkylation sites (N-methyl/N-ethyl adjacent to an activating group) is 1. The molecule has 124 valence electrons. The highest BCUT2D eigenvalue weighted by atomic mass is 16.5. The highest BCUT2D eigenvalue weighted by Crippen LogP contribution is 2.21. The number of fused-ring (bicyclic) bond motifs is 3. The van der Waals surface area contributed by atoms with Crippen LogP contribution in [0.4, 0.5) is 0 Å². The van der Waals surface area contributed by atoms with Crippen LogP contribution in [0.5, 0.6) is 0 Å². The van der Waals surface area contributed by atoms with Gasteiger partial charge in [-0.15, -0.1) is 0 Å². The van der Waals surface area contributed by atoms with Gasteiger partial charge in [0.15, 0.2) is 0 Å². The summed E-state index contributed by atoms with van der Waals surface area (Å²) in [4.78, 5) is 27.2. The molecule has 2 heterocycles. The Bertz CT molecular complexity index is 587. The number of ether oxygens (including phenoxy) is 1. The van der Waals surface area contributed by atoms with Gasteiger partial charge in [-0.05, 0) is 11.1 Å². The van der Waals surface area contributed by atoms with Crippen LogP contribution in [0.15, 0.2) is 24.3 Å². The number of benzene rings is 1. The zero-order valence-electron chi connectivity index (χ0n) is 13.3. The van der Waals surface area contributed by atoms with Gasteiger partial charge in [-0.1, -0.05) is 24.3 Å². The third-order valence-corrected chi connectivity index (χ3v) is 4.61. The lowest BCUT2D eigenvalue weighted by atomic mass is 10.1. The summed E-state index contributed by atoms with van der Waals surface area (Å²) in [6.07, 6.45) is 0.0464. The molecule has 0 saturated carbocycles. The van der Waals surface area contributed by atoms with Crippen LogP contribution in [-0.4, -0.2) is 66.2 Å². The van der Waals surface area contributed by atoms with E-state index in [2.05, 4.69) is 4.90 Å². The molecule has 0 unspecified atom stereocenters. The molecule has 6 heteroatoms. The number of hydrogen-bond acceptors (Lipinski definition) is 4. The summed E-state index contributed by atoms with van der Waals surface area (Å²) in [7, 11) is 1.86. The van der Waals surface area contributed by atoms with Crippen LogP contribution in [0.1, 0.15) is 11.1 Å². The molecule has 2 aliphatic rings. The Morgan fingerprint density at radius 3 is 2.61 bits per heavy atom. The maximum atomic E-state index is 12.3. The summed E-state index contributed by atoms with van der Waals surface area (Å²) in [5.74, 6) is -0.745. The van der Waals surface area contributed by atoms with Crippen molar-refractivity contribution in [1.82, 2.24) is 9.80 Å². The summed E-state index contributed by atoms with van der Waals surface area (Å²) in [6.45, 7) is 3.36. The van der Waals surface area contributed by atoms with E-state index >= 15 is 0 Å². The normalized spacial score (nSPS) is 25.3. The lowest BCUT2D eigenvalue weighted by molar-refractivity contribution is -0.136. The fourth-order valence-corrected chi connectivity index (χ4v) is 3.31. The molecule has 1 N–H and O–H groups in total. The second-order valence-electron chi connectivity index (χ2n) is 6.42. The Labute approximate surface area is 135 Å². The molecule has 2 saturated heterocycles. The van der Waals surface area contributed by atoms with Crippen molar-refractivity contribution in [3.05, 3.63) is 35.4 Å². The fourth-order valence-electron chi connectivity index (χ4n) is 3.31. The Morgan fingerprint density at radius 1 is 1.22 bits per heavy atom. The third-order valence-electron chi connectivity index (χ3n) is 4.61. The van der Waals surface area contributed by atoms with E-state index in [0.717, 1.165) is 24.2 Å². The first-order valence-corrected chi connectivity index (χ1v) is 7.89. The zero-order chi connectivity index (χ0) is 16.4. The second-order valence-corrected chi connectivity index (χ2v) is 6.42. The van der Waals surface area contributed by atoms with Crippen molar-refractivity contribution in [3.63, 3.8) is 0 Å². The number of carboxylic acid groups (broad SMARTS) is 1. The van der Waals surface area contributed by atoms with Crippen molar-refractivity contribution in [2.45, 2.75) is 19.0 Å². The highest BCUT2D eigenvalue weighted by Gasteiger charge is 2.37. The summed E-state index contributed by atoms with van der Waals surface area (Å²) >= 11 is 0. The second kappa shape index (κ2) is 6.68. The summed E-state index contributed by atoms with van der Waals surface area (Å²) in [5.41, 5.74) is 1.94. The predicted octanol–water partition coefficient (Wildman–Crippen LogP) is 0.603. The molecule has 2 bridgehead atoms. The van der Waals surface area contributed by atoms with Crippen molar-refractivity contribution >= 4 is 11.9 Å². The minimum Gasteiger partial charge on any atom is -0.481 e. The Kier molecular flexibility index (Phi) is 4.63. The van der Waals surface area contributed by atoms with E-state index in [1.165, 1.54) is 0 Å². The number of carboxylic acids is 1. The molecule has 0 radical (unpaired) electrons. The van der Waals surface area contributed by atoms with Gasteiger partial charge in [0.1, 0.15) is 0 Å². The molecule has 23 heavy (non-hydrogen) atoms. The van der Waals surface area contributed by atoms with Crippen molar-refractivity contribution in [2.75, 3.05) is 33.4 Å². The molecule has 2 aliphatic heterocycles. The summed E-state index contributed by atoms with van der Waals surface area (Å²) in [6, 6.07) is 7.77. The molecule has 1 aromatic carbocycles. The van der Waals surface area contributed by atoms with Gasteiger partial charge in [0.05, 0.1) is 31.6 Å². The number of carbonyl (C=O) groups excluding carboxylic acids is 1. The smallest absolute Gasteiger partial charge is 0.307 e. The van der Waals surface area contributed by atoms with E-state index in [-0.39, 0.29) is 24.3 Å². The maximum absolute atomic E-state index is 12.3. The molecule has 3 rings (SSSR count). The number of hydrogen-bond donors (Lipinski definition) is 1. The van der Waals surface area contributed by atoms with Crippen molar-refractivity contribution in [2.24, 2.45) is 5.92 Å². The van der Waals surface area contributed by atoms with Gasteiger partial charge in [-0.3, -0.25) is 14.5 Å². The minimum atomic E-state index is -0.820. The molecule has 2 atom stereocenters. The number of carbonyl (C=O) groups is 2. The van der Waals surface area contributed by atoms with Gasteiger partial charge in [-0.25, -0.2) is 0 Å². The quantitative estimate of drug-likeness (QED) is 0.880. The van der Waals surface area contributed by atoms with Crippen molar-refractivity contribution in [1.29, 1.82) is 0 Å². The molecule has 0 aromatic heterocycles. The van der Waals surface area contributed by atoms with E-state index in [0.29, 0.717) is 19.8 Å². The van der Waals surface area contributed by atoms with Crippen LogP contribution >= 0.6 is 0 Å². The van der Waals surface area contributed by atoms with Gasteiger partial charge in [0.2, 0.25) is 5.91 Å². The first kappa shape index (κ1) is 16.0. The van der Waals surface area contributed by atoms with E-state index in [4.69, 9.17) is 9.84 Å². The number of rotatable bonds is 4.